The highest BCUT2D eigenvalue weighted by atomic mass is 32.2. The topological polar surface area (TPSA) is 26.8 Å². The molecule has 1 fully saturated rings. The summed E-state index contributed by atoms with van der Waals surface area (Å²) in [5, 5.41) is 1.64. The first-order valence-corrected chi connectivity index (χ1v) is 10.6. The number of para-hydroxylation sites is 2. The predicted octanol–water partition coefficient (Wildman–Crippen LogP) is 5.00. The van der Waals surface area contributed by atoms with Crippen LogP contribution in [0.2, 0.25) is 0 Å². The molecule has 6 heteroatoms. The Kier molecular flexibility index (Phi) is 5.24. The first kappa shape index (κ1) is 18.8. The van der Waals surface area contributed by atoms with Crippen LogP contribution in [-0.2, 0) is 4.79 Å². The maximum Gasteiger partial charge on any atom is 0.277 e. The smallest absolute Gasteiger partial charge is 0.277 e. The zero-order chi connectivity index (χ0) is 19.7. The Labute approximate surface area is 175 Å². The maximum atomic E-state index is 13.0. The van der Waals surface area contributed by atoms with Crippen molar-refractivity contribution >= 4 is 46.4 Å². The van der Waals surface area contributed by atoms with E-state index in [4.69, 9.17) is 12.2 Å². The molecule has 2 heterocycles. The molecule has 0 aliphatic carbocycles. The van der Waals surface area contributed by atoms with E-state index in [1.54, 1.807) is 16.7 Å². The molecule has 0 aromatic heterocycles. The minimum Gasteiger partial charge on any atom is -0.335 e. The van der Waals surface area contributed by atoms with Crippen molar-refractivity contribution in [2.75, 3.05) is 22.9 Å². The normalized spacial score (nSPS) is 19.3. The van der Waals surface area contributed by atoms with Crippen molar-refractivity contribution in [3.63, 3.8) is 0 Å². The lowest BCUT2D eigenvalue weighted by Gasteiger charge is -2.20. The number of fused-ring (bicyclic) bond motifs is 1. The van der Waals surface area contributed by atoms with Gasteiger partial charge in [-0.25, -0.2) is 0 Å². The van der Waals surface area contributed by atoms with Crippen LogP contribution in [0.5, 0.6) is 0 Å². The van der Waals surface area contributed by atoms with Crippen molar-refractivity contribution in [1.82, 2.24) is 4.90 Å². The lowest BCUT2D eigenvalue weighted by molar-refractivity contribution is -0.122. The van der Waals surface area contributed by atoms with Gasteiger partial charge in [-0.15, -0.1) is 0 Å². The highest BCUT2D eigenvalue weighted by molar-refractivity contribution is 8.03. The average Bonchev–Trinajstić information content (AvgIpc) is 3.20. The molecule has 0 N–H and O–H groups in total. The number of thiocarbonyl (C=S) groups is 1. The molecule has 2 aromatic carbocycles. The van der Waals surface area contributed by atoms with Crippen LogP contribution < -0.4 is 9.80 Å². The summed E-state index contributed by atoms with van der Waals surface area (Å²) < 4.78 is 0. The number of allylic oxidation sites excluding steroid dienone is 2. The number of rotatable bonds is 4. The molecule has 4 rings (SSSR count). The Morgan fingerprint density at radius 1 is 0.929 bits per heavy atom. The van der Waals surface area contributed by atoms with E-state index < -0.39 is 0 Å². The quantitative estimate of drug-likeness (QED) is 0.525. The number of anilines is 2. The van der Waals surface area contributed by atoms with Crippen LogP contribution >= 0.6 is 24.0 Å². The van der Waals surface area contributed by atoms with Crippen molar-refractivity contribution in [2.45, 2.75) is 18.7 Å². The zero-order valence-corrected chi connectivity index (χ0v) is 17.5. The number of carbonyl (C=O) groups is 1. The maximum absolute atomic E-state index is 13.0. The minimum atomic E-state index is -0.0586. The molecule has 142 valence electrons. The molecule has 4 nitrogen and oxygen atoms in total. The standard InChI is InChI=1S/C22H21N3OS2/c1-3-23-17-12-8-9-13-19(17)28-20(23)15-14-18-21(26)24(4-2)22(27)25(18)16-10-6-5-7-11-16/h5-15H,3-4H2,1-2H3/b18-14+,20-15-. The second-order valence-corrected chi connectivity index (χ2v) is 7.80. The van der Waals surface area contributed by atoms with E-state index >= 15 is 0 Å². The summed E-state index contributed by atoms with van der Waals surface area (Å²) in [6.45, 7) is 5.50. The number of hydrogen-bond acceptors (Lipinski definition) is 4. The van der Waals surface area contributed by atoms with Gasteiger partial charge in [-0.3, -0.25) is 14.6 Å². The van der Waals surface area contributed by atoms with Gasteiger partial charge in [0.2, 0.25) is 0 Å². The molecule has 2 aliphatic heterocycles. The fraction of sp³-hybridized carbons (Fsp3) is 0.182. The van der Waals surface area contributed by atoms with Crippen molar-refractivity contribution in [2.24, 2.45) is 0 Å². The Hall–Kier alpha value is -2.57. The van der Waals surface area contributed by atoms with Gasteiger partial charge in [-0.05, 0) is 62.5 Å². The number of nitrogens with zero attached hydrogens (tertiary/aromatic N) is 3. The van der Waals surface area contributed by atoms with Crippen LogP contribution in [0.1, 0.15) is 13.8 Å². The third-order valence-corrected chi connectivity index (χ3v) is 6.33. The lowest BCUT2D eigenvalue weighted by Crippen LogP contribution is -2.32. The van der Waals surface area contributed by atoms with Gasteiger partial charge in [0, 0.05) is 23.7 Å². The van der Waals surface area contributed by atoms with Crippen molar-refractivity contribution < 1.29 is 4.79 Å². The summed E-state index contributed by atoms with van der Waals surface area (Å²) >= 11 is 7.33. The van der Waals surface area contributed by atoms with Gasteiger partial charge in [-0.2, -0.15) is 0 Å². The molecule has 0 unspecified atom stereocenters. The Bertz CT molecular complexity index is 984. The van der Waals surface area contributed by atoms with Gasteiger partial charge in [0.1, 0.15) is 5.70 Å². The molecule has 0 atom stereocenters. The molecule has 0 radical (unpaired) electrons. The fourth-order valence-electron chi connectivity index (χ4n) is 3.45. The van der Waals surface area contributed by atoms with E-state index in [1.807, 2.05) is 54.3 Å². The van der Waals surface area contributed by atoms with Gasteiger partial charge >= 0.3 is 0 Å². The van der Waals surface area contributed by atoms with Crippen LogP contribution in [0.4, 0.5) is 11.4 Å². The SMILES string of the molecule is CCN1C(=O)/C(=C\C=C2/Sc3ccccc3N2CC)N(c2ccccc2)C1=S. The number of thioether (sulfide) groups is 1. The van der Waals surface area contributed by atoms with Gasteiger partial charge in [0.25, 0.3) is 5.91 Å². The summed E-state index contributed by atoms with van der Waals surface area (Å²) in [6, 6.07) is 18.2. The molecule has 2 aliphatic rings. The van der Waals surface area contributed by atoms with E-state index in [-0.39, 0.29) is 5.91 Å². The minimum absolute atomic E-state index is 0.0586. The first-order valence-electron chi connectivity index (χ1n) is 9.33. The molecule has 0 saturated carbocycles. The summed E-state index contributed by atoms with van der Waals surface area (Å²) in [5.41, 5.74) is 2.69. The van der Waals surface area contributed by atoms with E-state index in [0.717, 1.165) is 17.3 Å². The van der Waals surface area contributed by atoms with Gasteiger partial charge in [0.05, 0.1) is 10.7 Å². The molecule has 1 amide bonds. The van der Waals surface area contributed by atoms with Crippen molar-refractivity contribution in [1.29, 1.82) is 0 Å². The summed E-state index contributed by atoms with van der Waals surface area (Å²) in [7, 11) is 0. The second kappa shape index (κ2) is 7.81. The average molecular weight is 408 g/mol. The number of carbonyl (C=O) groups excluding carboxylic acids is 1. The fourth-order valence-corrected chi connectivity index (χ4v) is 4.99. The Morgan fingerprint density at radius 3 is 2.32 bits per heavy atom. The largest absolute Gasteiger partial charge is 0.335 e. The van der Waals surface area contributed by atoms with Crippen LogP contribution in [0.15, 0.2) is 82.4 Å². The van der Waals surface area contributed by atoms with E-state index in [9.17, 15) is 4.79 Å². The van der Waals surface area contributed by atoms with Crippen LogP contribution in [-0.4, -0.2) is 29.0 Å². The molecule has 1 saturated heterocycles. The number of likely N-dealkylation sites (N-methyl/N-ethyl adjacent to an activating group) is 1. The lowest BCUT2D eigenvalue weighted by atomic mass is 10.2. The third-order valence-electron chi connectivity index (χ3n) is 4.79. The zero-order valence-electron chi connectivity index (χ0n) is 15.8. The predicted molar refractivity (Wildman–Crippen MR) is 120 cm³/mol. The Morgan fingerprint density at radius 2 is 1.61 bits per heavy atom. The van der Waals surface area contributed by atoms with Gasteiger partial charge in [0.15, 0.2) is 5.11 Å². The molecular formula is C22H21N3OS2. The molecular weight excluding hydrogens is 386 g/mol. The summed E-state index contributed by atoms with van der Waals surface area (Å²) in [4.78, 5) is 20.0. The first-order chi connectivity index (χ1) is 13.7. The van der Waals surface area contributed by atoms with Gasteiger partial charge in [-0.1, -0.05) is 42.1 Å². The van der Waals surface area contributed by atoms with Crippen LogP contribution in [0.3, 0.4) is 0 Å². The summed E-state index contributed by atoms with van der Waals surface area (Å²) in [5.74, 6) is -0.0586. The number of hydrogen-bond donors (Lipinski definition) is 0. The highest BCUT2D eigenvalue weighted by Gasteiger charge is 2.37. The number of benzene rings is 2. The second-order valence-electron chi connectivity index (χ2n) is 6.37. The van der Waals surface area contributed by atoms with E-state index in [1.165, 1.54) is 10.6 Å². The third kappa shape index (κ3) is 3.12. The molecule has 0 bridgehead atoms. The van der Waals surface area contributed by atoms with Gasteiger partial charge < -0.3 is 4.90 Å². The molecule has 2 aromatic rings. The van der Waals surface area contributed by atoms with Crippen LogP contribution in [0, 0.1) is 0 Å². The highest BCUT2D eigenvalue weighted by Crippen LogP contribution is 2.45. The molecule has 0 spiro atoms. The van der Waals surface area contributed by atoms with E-state index in [2.05, 4.69) is 36.1 Å². The Balaban J connectivity index is 1.74. The van der Waals surface area contributed by atoms with E-state index in [0.29, 0.717) is 17.4 Å². The summed E-state index contributed by atoms with van der Waals surface area (Å²) in [6.07, 6.45) is 3.92. The molecule has 28 heavy (non-hydrogen) atoms. The van der Waals surface area contributed by atoms with Crippen molar-refractivity contribution in [3.8, 4) is 0 Å². The number of amides is 1. The monoisotopic (exact) mass is 407 g/mol. The van der Waals surface area contributed by atoms with Crippen molar-refractivity contribution in [3.05, 3.63) is 77.5 Å². The van der Waals surface area contributed by atoms with Crippen LogP contribution in [0.25, 0.3) is 0 Å².